The van der Waals surface area contributed by atoms with E-state index in [1.54, 1.807) is 18.5 Å². The molecule has 0 radical (unpaired) electrons. The number of carbonyl (C=O) groups excluding carboxylic acids is 1. The van der Waals surface area contributed by atoms with Gasteiger partial charge in [-0.3, -0.25) is 4.79 Å². The minimum atomic E-state index is -0.196. The van der Waals surface area contributed by atoms with Crippen molar-refractivity contribution in [3.05, 3.63) is 47.8 Å². The molecule has 1 saturated carbocycles. The third-order valence-corrected chi connectivity index (χ3v) is 5.33. The monoisotopic (exact) mass is 328 g/mol. The van der Waals surface area contributed by atoms with Gasteiger partial charge in [0.1, 0.15) is 18.0 Å². The number of hydrogen-bond acceptors (Lipinski definition) is 3. The highest BCUT2D eigenvalue weighted by molar-refractivity contribution is 5.83. The van der Waals surface area contributed by atoms with Gasteiger partial charge in [0.2, 0.25) is 5.91 Å². The van der Waals surface area contributed by atoms with E-state index < -0.39 is 0 Å². The lowest BCUT2D eigenvalue weighted by atomic mass is 9.95. The molecule has 0 bridgehead atoms. The van der Waals surface area contributed by atoms with Crippen LogP contribution in [0, 0.1) is 11.7 Å². The number of hydrogen-bond donors (Lipinski definition) is 0. The molecule has 1 aromatic heterocycles. The van der Waals surface area contributed by atoms with Crippen molar-refractivity contribution >= 4 is 5.91 Å². The summed E-state index contributed by atoms with van der Waals surface area (Å²) < 4.78 is 15.8. The Morgan fingerprint density at radius 3 is 2.67 bits per heavy atom. The van der Waals surface area contributed by atoms with E-state index in [1.165, 1.54) is 6.07 Å². The molecule has 2 fully saturated rings. The molecule has 1 aliphatic heterocycles. The smallest absolute Gasteiger partial charge is 0.226 e. The maximum absolute atomic E-state index is 13.9. The van der Waals surface area contributed by atoms with Crippen LogP contribution < -0.4 is 0 Å². The average Bonchev–Trinajstić information content (AvgIpc) is 3.28. The van der Waals surface area contributed by atoms with E-state index in [4.69, 9.17) is 0 Å². The third kappa shape index (κ3) is 2.70. The fourth-order valence-electron chi connectivity index (χ4n) is 3.84. The quantitative estimate of drug-likeness (QED) is 0.870. The van der Waals surface area contributed by atoms with Crippen LogP contribution in [0.2, 0.25) is 0 Å². The number of carbonyl (C=O) groups is 1. The van der Waals surface area contributed by atoms with E-state index in [1.807, 2.05) is 22.6 Å². The van der Waals surface area contributed by atoms with E-state index in [0.717, 1.165) is 38.2 Å². The SMILES string of the molecule is Cn1cnnc1C1CCN(C(=O)[C@@H]2C[C@@H]2c2ccccc2F)CC1. The second-order valence-corrected chi connectivity index (χ2v) is 6.87. The average molecular weight is 328 g/mol. The van der Waals surface area contributed by atoms with Gasteiger partial charge in [-0.1, -0.05) is 18.2 Å². The number of aromatic nitrogens is 3. The first kappa shape index (κ1) is 15.3. The summed E-state index contributed by atoms with van der Waals surface area (Å²) in [4.78, 5) is 14.6. The first-order valence-electron chi connectivity index (χ1n) is 8.52. The minimum absolute atomic E-state index is 0.0479. The highest BCUT2D eigenvalue weighted by Gasteiger charge is 2.47. The van der Waals surface area contributed by atoms with Crippen molar-refractivity contribution in [3.63, 3.8) is 0 Å². The number of amides is 1. The zero-order valence-electron chi connectivity index (χ0n) is 13.7. The summed E-state index contributed by atoms with van der Waals surface area (Å²) in [5.41, 5.74) is 0.685. The van der Waals surface area contributed by atoms with Gasteiger partial charge in [-0.05, 0) is 36.8 Å². The van der Waals surface area contributed by atoms with Crippen LogP contribution in [0.1, 0.15) is 42.5 Å². The van der Waals surface area contributed by atoms with Crippen molar-refractivity contribution in [1.29, 1.82) is 0 Å². The van der Waals surface area contributed by atoms with E-state index >= 15 is 0 Å². The van der Waals surface area contributed by atoms with Crippen LogP contribution >= 0.6 is 0 Å². The van der Waals surface area contributed by atoms with E-state index in [-0.39, 0.29) is 23.6 Å². The van der Waals surface area contributed by atoms with Crippen molar-refractivity contribution in [2.45, 2.75) is 31.1 Å². The summed E-state index contributed by atoms with van der Waals surface area (Å²) in [5.74, 6) is 1.35. The number of likely N-dealkylation sites (tertiary alicyclic amines) is 1. The second kappa shape index (κ2) is 6.00. The lowest BCUT2D eigenvalue weighted by Crippen LogP contribution is -2.39. The number of benzene rings is 1. The topological polar surface area (TPSA) is 51.0 Å². The van der Waals surface area contributed by atoms with Crippen LogP contribution in [0.15, 0.2) is 30.6 Å². The molecule has 0 N–H and O–H groups in total. The van der Waals surface area contributed by atoms with Gasteiger partial charge in [0.25, 0.3) is 0 Å². The molecule has 2 aliphatic rings. The van der Waals surface area contributed by atoms with E-state index in [9.17, 15) is 9.18 Å². The predicted octanol–water partition coefficient (Wildman–Crippen LogP) is 2.46. The van der Waals surface area contributed by atoms with E-state index in [0.29, 0.717) is 11.5 Å². The summed E-state index contributed by atoms with van der Waals surface area (Å²) in [6.07, 6.45) is 4.31. The Labute approximate surface area is 140 Å². The Hall–Kier alpha value is -2.24. The third-order valence-electron chi connectivity index (χ3n) is 5.33. The Balaban J connectivity index is 1.36. The number of aryl methyl sites for hydroxylation is 1. The van der Waals surface area contributed by atoms with Gasteiger partial charge in [-0.25, -0.2) is 4.39 Å². The van der Waals surface area contributed by atoms with Crippen molar-refractivity contribution < 1.29 is 9.18 Å². The normalized spacial score (nSPS) is 24.2. The lowest BCUT2D eigenvalue weighted by molar-refractivity contribution is -0.133. The molecule has 2 aromatic rings. The first-order valence-corrected chi connectivity index (χ1v) is 8.52. The van der Waals surface area contributed by atoms with Crippen LogP contribution in [0.3, 0.4) is 0 Å². The molecular weight excluding hydrogens is 307 g/mol. The van der Waals surface area contributed by atoms with Crippen LogP contribution in [0.5, 0.6) is 0 Å². The first-order chi connectivity index (χ1) is 11.6. The molecule has 2 heterocycles. The highest BCUT2D eigenvalue weighted by Crippen LogP contribution is 2.49. The predicted molar refractivity (Wildman–Crippen MR) is 86.8 cm³/mol. The van der Waals surface area contributed by atoms with E-state index in [2.05, 4.69) is 10.2 Å². The summed E-state index contributed by atoms with van der Waals surface area (Å²) in [5, 5.41) is 8.12. The summed E-state index contributed by atoms with van der Waals surface area (Å²) >= 11 is 0. The minimum Gasteiger partial charge on any atom is -0.342 e. The van der Waals surface area contributed by atoms with Crippen LogP contribution in [0.25, 0.3) is 0 Å². The van der Waals surface area contributed by atoms with Gasteiger partial charge in [0.05, 0.1) is 0 Å². The molecule has 5 nitrogen and oxygen atoms in total. The van der Waals surface area contributed by atoms with Gasteiger partial charge in [0.15, 0.2) is 0 Å². The summed E-state index contributed by atoms with van der Waals surface area (Å²) in [7, 11) is 1.95. The van der Waals surface area contributed by atoms with Crippen LogP contribution in [0.4, 0.5) is 4.39 Å². The highest BCUT2D eigenvalue weighted by atomic mass is 19.1. The molecular formula is C18H21FN4O. The summed E-state index contributed by atoms with van der Waals surface area (Å²) in [6, 6.07) is 6.80. The molecule has 4 rings (SSSR count). The van der Waals surface area contributed by atoms with Gasteiger partial charge >= 0.3 is 0 Å². The molecule has 2 atom stereocenters. The maximum Gasteiger partial charge on any atom is 0.226 e. The Morgan fingerprint density at radius 1 is 1.25 bits per heavy atom. The van der Waals surface area contributed by atoms with Crippen molar-refractivity contribution in [1.82, 2.24) is 19.7 Å². The van der Waals surface area contributed by atoms with Gasteiger partial charge in [0, 0.05) is 32.0 Å². The molecule has 6 heteroatoms. The zero-order chi connectivity index (χ0) is 16.7. The molecule has 1 aromatic carbocycles. The van der Waals surface area contributed by atoms with Gasteiger partial charge in [-0.2, -0.15) is 0 Å². The standard InChI is InChI=1S/C18H21FN4O/c1-22-11-20-21-17(22)12-6-8-23(9-7-12)18(24)15-10-14(15)13-4-2-3-5-16(13)19/h2-5,11-12,14-15H,6-10H2,1H3/t14-,15-/m1/s1. The number of rotatable bonds is 3. The van der Waals surface area contributed by atoms with Crippen molar-refractivity contribution in [2.24, 2.45) is 13.0 Å². The fourth-order valence-corrected chi connectivity index (χ4v) is 3.84. The van der Waals surface area contributed by atoms with Crippen molar-refractivity contribution in [3.8, 4) is 0 Å². The van der Waals surface area contributed by atoms with Crippen LogP contribution in [-0.4, -0.2) is 38.7 Å². The Kier molecular flexibility index (Phi) is 3.82. The lowest BCUT2D eigenvalue weighted by Gasteiger charge is -2.31. The zero-order valence-corrected chi connectivity index (χ0v) is 13.7. The number of halogens is 1. The molecule has 24 heavy (non-hydrogen) atoms. The largest absolute Gasteiger partial charge is 0.342 e. The molecule has 1 saturated heterocycles. The fraction of sp³-hybridized carbons (Fsp3) is 0.500. The Bertz CT molecular complexity index is 751. The molecule has 0 unspecified atom stereocenters. The van der Waals surface area contributed by atoms with Gasteiger partial charge in [-0.15, -0.1) is 10.2 Å². The van der Waals surface area contributed by atoms with Crippen molar-refractivity contribution in [2.75, 3.05) is 13.1 Å². The molecule has 1 amide bonds. The number of nitrogens with zero attached hydrogens (tertiary/aromatic N) is 4. The second-order valence-electron chi connectivity index (χ2n) is 6.87. The molecule has 126 valence electrons. The maximum atomic E-state index is 13.9. The van der Waals surface area contributed by atoms with Gasteiger partial charge < -0.3 is 9.47 Å². The number of piperidine rings is 1. The molecule has 1 aliphatic carbocycles. The Morgan fingerprint density at radius 2 is 2.00 bits per heavy atom. The molecule has 0 spiro atoms. The summed E-state index contributed by atoms with van der Waals surface area (Å²) in [6.45, 7) is 1.49. The van der Waals surface area contributed by atoms with Crippen LogP contribution in [-0.2, 0) is 11.8 Å².